The summed E-state index contributed by atoms with van der Waals surface area (Å²) >= 11 is 1.35. The second kappa shape index (κ2) is 11.6. The first-order valence-electron chi connectivity index (χ1n) is 11.9. The number of thioether (sulfide) groups is 1. The van der Waals surface area contributed by atoms with E-state index in [4.69, 9.17) is 0 Å². The van der Waals surface area contributed by atoms with Crippen LogP contribution in [0.1, 0.15) is 56.5 Å². The zero-order valence-electron chi connectivity index (χ0n) is 19.8. The van der Waals surface area contributed by atoms with Crippen LogP contribution in [0.15, 0.2) is 59.8 Å². The molecule has 0 spiro atoms. The lowest BCUT2D eigenvalue weighted by Crippen LogP contribution is -2.33. The molecule has 0 aliphatic carbocycles. The Kier molecular flexibility index (Phi) is 8.34. The van der Waals surface area contributed by atoms with Crippen molar-refractivity contribution in [1.82, 2.24) is 25.0 Å². The van der Waals surface area contributed by atoms with E-state index in [1.807, 2.05) is 22.8 Å². The van der Waals surface area contributed by atoms with Gasteiger partial charge in [0.1, 0.15) is 5.82 Å². The topological polar surface area (TPSA) is 63.1 Å². The number of likely N-dealkylation sites (tertiary alicyclic amines) is 1. The van der Waals surface area contributed by atoms with Crippen molar-refractivity contribution in [1.29, 1.82) is 0 Å². The number of amides is 1. The number of benzene rings is 2. The second-order valence-corrected chi connectivity index (χ2v) is 9.77. The second-order valence-electron chi connectivity index (χ2n) is 8.83. The minimum atomic E-state index is -0.288. The molecule has 0 saturated carbocycles. The molecule has 180 valence electrons. The lowest BCUT2D eigenvalue weighted by Gasteiger charge is -2.31. The van der Waals surface area contributed by atoms with Crippen LogP contribution in [0.2, 0.25) is 0 Å². The molecule has 1 N–H and O–H groups in total. The molecule has 0 radical (unpaired) electrons. The average Bonchev–Trinajstić information content (AvgIpc) is 3.31. The molecule has 1 fully saturated rings. The normalized spacial score (nSPS) is 16.2. The fraction of sp³-hybridized carbons (Fsp3) is 0.423. The highest BCUT2D eigenvalue weighted by atomic mass is 32.2. The summed E-state index contributed by atoms with van der Waals surface area (Å²) in [4.78, 5) is 15.0. The summed E-state index contributed by atoms with van der Waals surface area (Å²) in [6.07, 6.45) is 3.61. The Hall–Kier alpha value is -2.71. The van der Waals surface area contributed by atoms with E-state index in [2.05, 4.69) is 46.4 Å². The Morgan fingerprint density at radius 1 is 1.03 bits per heavy atom. The third-order valence-corrected chi connectivity index (χ3v) is 7.29. The predicted octanol–water partition coefficient (Wildman–Crippen LogP) is 4.97. The van der Waals surface area contributed by atoms with Crippen LogP contribution >= 0.6 is 11.8 Å². The maximum absolute atomic E-state index is 13.6. The Labute approximate surface area is 205 Å². The summed E-state index contributed by atoms with van der Waals surface area (Å²) in [7, 11) is 0. The zero-order valence-corrected chi connectivity index (χ0v) is 20.6. The molecule has 2 aromatic carbocycles. The molecule has 1 aromatic heterocycles. The van der Waals surface area contributed by atoms with E-state index in [0.717, 1.165) is 24.6 Å². The third-order valence-electron chi connectivity index (χ3n) is 6.36. The van der Waals surface area contributed by atoms with Gasteiger partial charge < -0.3 is 5.32 Å². The molecule has 1 aliphatic rings. The Balaban J connectivity index is 1.46. The zero-order chi connectivity index (χ0) is 23.9. The van der Waals surface area contributed by atoms with Crippen LogP contribution in [-0.2, 0) is 4.79 Å². The summed E-state index contributed by atoms with van der Waals surface area (Å²) in [6.45, 7) is 6.87. The molecule has 34 heavy (non-hydrogen) atoms. The van der Waals surface area contributed by atoms with Crippen molar-refractivity contribution in [2.75, 3.05) is 25.4 Å². The van der Waals surface area contributed by atoms with Crippen molar-refractivity contribution in [3.63, 3.8) is 0 Å². The first-order valence-corrected chi connectivity index (χ1v) is 12.9. The van der Waals surface area contributed by atoms with Crippen LogP contribution in [0.5, 0.6) is 0 Å². The van der Waals surface area contributed by atoms with Gasteiger partial charge in [-0.15, -0.1) is 10.2 Å². The van der Waals surface area contributed by atoms with Crippen LogP contribution in [0.3, 0.4) is 0 Å². The van der Waals surface area contributed by atoms with Crippen LogP contribution in [0, 0.1) is 5.82 Å². The van der Waals surface area contributed by atoms with Crippen molar-refractivity contribution in [3.05, 3.63) is 71.8 Å². The van der Waals surface area contributed by atoms with Crippen molar-refractivity contribution < 1.29 is 9.18 Å². The molecule has 0 unspecified atom stereocenters. The highest BCUT2D eigenvalue weighted by molar-refractivity contribution is 7.99. The fourth-order valence-corrected chi connectivity index (χ4v) is 5.08. The molecular weight excluding hydrogens is 449 g/mol. The van der Waals surface area contributed by atoms with Gasteiger partial charge in [-0.05, 0) is 68.6 Å². The van der Waals surface area contributed by atoms with Gasteiger partial charge in [0.25, 0.3) is 0 Å². The van der Waals surface area contributed by atoms with E-state index < -0.39 is 0 Å². The number of aromatic nitrogens is 3. The summed E-state index contributed by atoms with van der Waals surface area (Å²) in [6, 6.07) is 16.6. The molecule has 0 bridgehead atoms. The van der Waals surface area contributed by atoms with Crippen LogP contribution in [0.25, 0.3) is 5.69 Å². The Morgan fingerprint density at radius 3 is 2.44 bits per heavy atom. The van der Waals surface area contributed by atoms with Gasteiger partial charge in [0.15, 0.2) is 11.0 Å². The van der Waals surface area contributed by atoms with Crippen LogP contribution < -0.4 is 5.32 Å². The molecule has 1 amide bonds. The lowest BCUT2D eigenvalue weighted by atomic mass is 10.0. The summed E-state index contributed by atoms with van der Waals surface area (Å²) in [5.41, 5.74) is 1.99. The molecule has 2 atom stereocenters. The standard InChI is InChI=1S/C26H32FN5OS/c1-19(21-9-5-3-6-10-21)17-28-24(33)18-34-26-30-29-25(20(2)31-15-7-4-8-16-31)32(26)23-13-11-22(27)12-14-23/h3,5-6,9-14,19-20H,4,7-8,15-18H2,1-2H3,(H,28,33)/t19-,20-/m0/s1. The largest absolute Gasteiger partial charge is 0.355 e. The highest BCUT2D eigenvalue weighted by Crippen LogP contribution is 2.29. The van der Waals surface area contributed by atoms with E-state index in [1.54, 1.807) is 12.1 Å². The number of piperidine rings is 1. The van der Waals surface area contributed by atoms with Gasteiger partial charge in [0, 0.05) is 12.2 Å². The molecule has 1 saturated heterocycles. The minimum Gasteiger partial charge on any atom is -0.355 e. The van der Waals surface area contributed by atoms with Crippen molar-refractivity contribution >= 4 is 17.7 Å². The Morgan fingerprint density at radius 2 is 1.74 bits per heavy atom. The quantitative estimate of drug-likeness (QED) is 0.438. The van der Waals surface area contributed by atoms with Gasteiger partial charge in [-0.1, -0.05) is 55.4 Å². The monoisotopic (exact) mass is 481 g/mol. The van der Waals surface area contributed by atoms with Gasteiger partial charge in [0.2, 0.25) is 5.91 Å². The van der Waals surface area contributed by atoms with Crippen molar-refractivity contribution in [2.45, 2.75) is 50.2 Å². The van der Waals surface area contributed by atoms with Crippen LogP contribution in [0.4, 0.5) is 4.39 Å². The molecule has 4 rings (SSSR count). The maximum atomic E-state index is 13.6. The summed E-state index contributed by atoms with van der Waals surface area (Å²) in [5.74, 6) is 0.943. The summed E-state index contributed by atoms with van der Waals surface area (Å²) in [5, 5.41) is 12.6. The van der Waals surface area contributed by atoms with E-state index in [0.29, 0.717) is 11.7 Å². The van der Waals surface area contributed by atoms with E-state index in [9.17, 15) is 9.18 Å². The van der Waals surface area contributed by atoms with E-state index >= 15 is 0 Å². The number of hydrogen-bond acceptors (Lipinski definition) is 5. The number of carbonyl (C=O) groups is 1. The predicted molar refractivity (Wildman–Crippen MR) is 134 cm³/mol. The van der Waals surface area contributed by atoms with E-state index in [-0.39, 0.29) is 29.4 Å². The SMILES string of the molecule is C[C@@H](CNC(=O)CSc1nnc([C@H](C)N2CCCCC2)n1-c1ccc(F)cc1)c1ccccc1. The number of carbonyl (C=O) groups excluding carboxylic acids is 1. The molecular formula is C26H32FN5OS. The van der Waals surface area contributed by atoms with E-state index in [1.165, 1.54) is 48.7 Å². The third kappa shape index (κ3) is 6.04. The first kappa shape index (κ1) is 24.4. The van der Waals surface area contributed by atoms with Crippen molar-refractivity contribution in [2.24, 2.45) is 0 Å². The molecule has 1 aliphatic heterocycles. The first-order chi connectivity index (χ1) is 16.5. The minimum absolute atomic E-state index is 0.0490. The number of nitrogens with one attached hydrogen (secondary N) is 1. The fourth-order valence-electron chi connectivity index (χ4n) is 4.29. The van der Waals surface area contributed by atoms with Gasteiger partial charge >= 0.3 is 0 Å². The van der Waals surface area contributed by atoms with Gasteiger partial charge in [-0.2, -0.15) is 0 Å². The lowest BCUT2D eigenvalue weighted by molar-refractivity contribution is -0.118. The molecule has 8 heteroatoms. The van der Waals surface area contributed by atoms with Crippen LogP contribution in [-0.4, -0.2) is 51.0 Å². The number of halogens is 1. The van der Waals surface area contributed by atoms with Gasteiger partial charge in [-0.25, -0.2) is 4.39 Å². The maximum Gasteiger partial charge on any atom is 0.230 e. The molecule has 3 aromatic rings. The number of rotatable bonds is 9. The number of hydrogen-bond donors (Lipinski definition) is 1. The molecule has 2 heterocycles. The van der Waals surface area contributed by atoms with Gasteiger partial charge in [-0.3, -0.25) is 14.3 Å². The highest BCUT2D eigenvalue weighted by Gasteiger charge is 2.26. The molecule has 6 nitrogen and oxygen atoms in total. The van der Waals surface area contributed by atoms with Crippen molar-refractivity contribution in [3.8, 4) is 5.69 Å². The van der Waals surface area contributed by atoms with Gasteiger partial charge in [0.05, 0.1) is 11.8 Å². The number of nitrogens with zero attached hydrogens (tertiary/aromatic N) is 4. The average molecular weight is 482 g/mol. The smallest absolute Gasteiger partial charge is 0.230 e. The summed E-state index contributed by atoms with van der Waals surface area (Å²) < 4.78 is 15.6. The Bertz CT molecular complexity index is 1070.